The van der Waals surface area contributed by atoms with Crippen LogP contribution in [0.15, 0.2) is 36.6 Å². The van der Waals surface area contributed by atoms with Crippen molar-refractivity contribution in [2.45, 2.75) is 74.1 Å². The fraction of sp³-hybridized carbons (Fsp3) is 0.613. The number of esters is 1. The van der Waals surface area contributed by atoms with Crippen LogP contribution < -0.4 is 14.2 Å². The summed E-state index contributed by atoms with van der Waals surface area (Å²) in [5, 5.41) is 89.9. The zero-order valence-electron chi connectivity index (χ0n) is 27.0. The minimum atomic E-state index is -1.76. The highest BCUT2D eigenvalue weighted by atomic mass is 16.8. The predicted octanol–water partition coefficient (Wildman–Crippen LogP) is -3.01. The third-order valence-corrected chi connectivity index (χ3v) is 8.58. The highest BCUT2D eigenvalue weighted by Gasteiger charge is 2.48. The van der Waals surface area contributed by atoms with Crippen LogP contribution >= 0.6 is 0 Å². The number of carboxylic acids is 1. The van der Waals surface area contributed by atoms with Crippen molar-refractivity contribution in [2.24, 2.45) is 11.8 Å². The van der Waals surface area contributed by atoms with E-state index in [0.717, 1.165) is 6.26 Å². The number of aliphatic hydroxyl groups is 8. The van der Waals surface area contributed by atoms with E-state index in [9.17, 15) is 55.5 Å². The molecule has 50 heavy (non-hydrogen) atoms. The molecule has 0 bridgehead atoms. The molecule has 0 saturated carbocycles. The number of hydrogen-bond donors (Lipinski definition) is 9. The maximum absolute atomic E-state index is 13.1. The Bertz CT molecular complexity index is 1340. The lowest BCUT2D eigenvalue weighted by molar-refractivity contribution is -0.339. The van der Waals surface area contributed by atoms with Crippen LogP contribution in [0, 0.1) is 11.8 Å². The molecule has 2 saturated heterocycles. The molecule has 0 spiro atoms. The lowest BCUT2D eigenvalue weighted by Gasteiger charge is -2.43. The molecule has 3 aliphatic heterocycles. The molecule has 0 radical (unpaired) electrons. The molecule has 1 aromatic carbocycles. The summed E-state index contributed by atoms with van der Waals surface area (Å²) < 4.78 is 43.7. The summed E-state index contributed by atoms with van der Waals surface area (Å²) in [6, 6.07) is 2.44. The van der Waals surface area contributed by atoms with Gasteiger partial charge in [0.2, 0.25) is 18.3 Å². The van der Waals surface area contributed by atoms with Gasteiger partial charge in [-0.2, -0.15) is 0 Å². The van der Waals surface area contributed by atoms with E-state index in [4.69, 9.17) is 37.9 Å². The van der Waals surface area contributed by atoms with Crippen LogP contribution in [0.1, 0.15) is 16.8 Å². The van der Waals surface area contributed by atoms with Gasteiger partial charge in [0, 0.05) is 11.8 Å². The zero-order chi connectivity index (χ0) is 36.9. The maximum Gasteiger partial charge on any atom is 0.338 e. The monoisotopic (exact) mass is 718 g/mol. The van der Waals surface area contributed by atoms with Crippen molar-refractivity contribution in [2.75, 3.05) is 34.0 Å². The molecule has 0 aliphatic carbocycles. The highest BCUT2D eigenvalue weighted by Crippen LogP contribution is 2.41. The number of carbonyl (C=O) groups is 2. The van der Waals surface area contributed by atoms with E-state index in [2.05, 4.69) is 6.58 Å². The minimum Gasteiger partial charge on any atom is -0.493 e. The zero-order valence-corrected chi connectivity index (χ0v) is 27.0. The standard InChI is InChI=1S/C31H42O19/c1-4-13-14(15(27(40)41)11-46-29(13)50-31-25(39)23(37)21(35)19(10-33)48-31)5-6-45-28(42)12-7-16(43-2)26(17(8-12)44-3)49-30-24(38)22(36)20(34)18(9-32)47-30/h4,7-8,11,13-14,18-25,29-39H,1,5-6,9-10H2,2-3H3,(H,40,41)/t13-,14+,18-,19-,20-,21-,22+,23+,24-,25-,29+,30+,31+/m1/s1. The number of benzene rings is 1. The smallest absolute Gasteiger partial charge is 0.338 e. The van der Waals surface area contributed by atoms with Crippen molar-refractivity contribution in [3.8, 4) is 17.2 Å². The Morgan fingerprint density at radius 1 is 0.820 bits per heavy atom. The SMILES string of the molecule is C=C[C@H]1[C@H](O[C@@H]2O[C@H](CO)[C@@H](O)[C@H](O)[C@H]2O)OC=C(C(=O)O)[C@H]1CCOC(=O)c1cc(OC)c(O[C@@H]2O[C@H](CO)[C@@H](O)[C@H](O)[C@H]2O)c(OC)c1. The number of ether oxygens (including phenoxy) is 8. The van der Waals surface area contributed by atoms with E-state index in [0.29, 0.717) is 0 Å². The maximum atomic E-state index is 13.1. The van der Waals surface area contributed by atoms with Crippen LogP contribution in [-0.4, -0.2) is 160 Å². The van der Waals surface area contributed by atoms with Gasteiger partial charge in [0.05, 0.1) is 51.4 Å². The highest BCUT2D eigenvalue weighted by molar-refractivity contribution is 5.91. The molecule has 1 aromatic rings. The number of carbonyl (C=O) groups excluding carboxylic acids is 1. The van der Waals surface area contributed by atoms with Gasteiger partial charge in [0.15, 0.2) is 17.8 Å². The predicted molar refractivity (Wildman–Crippen MR) is 161 cm³/mol. The number of aliphatic carboxylic acids is 1. The topological polar surface area (TPSA) is 290 Å². The van der Waals surface area contributed by atoms with E-state index in [1.807, 2.05) is 0 Å². The summed E-state index contributed by atoms with van der Waals surface area (Å²) in [5.74, 6) is -4.41. The van der Waals surface area contributed by atoms with Crippen molar-refractivity contribution in [1.29, 1.82) is 0 Å². The number of rotatable bonds is 14. The summed E-state index contributed by atoms with van der Waals surface area (Å²) in [5.41, 5.74) is -0.303. The lowest BCUT2D eigenvalue weighted by atomic mass is 9.82. The quantitative estimate of drug-likeness (QED) is 0.0684. The van der Waals surface area contributed by atoms with Gasteiger partial charge >= 0.3 is 11.9 Å². The third-order valence-electron chi connectivity index (χ3n) is 8.58. The Balaban J connectivity index is 1.47. The second kappa shape index (κ2) is 17.1. The second-order valence-corrected chi connectivity index (χ2v) is 11.6. The van der Waals surface area contributed by atoms with Crippen LogP contribution in [0.5, 0.6) is 17.2 Å². The van der Waals surface area contributed by atoms with Crippen LogP contribution in [0.2, 0.25) is 0 Å². The first-order valence-corrected chi connectivity index (χ1v) is 15.4. The summed E-state index contributed by atoms with van der Waals surface area (Å²) >= 11 is 0. The van der Waals surface area contributed by atoms with Crippen molar-refractivity contribution in [3.63, 3.8) is 0 Å². The van der Waals surface area contributed by atoms with Gasteiger partial charge in [-0.3, -0.25) is 0 Å². The fourth-order valence-corrected chi connectivity index (χ4v) is 5.74. The molecule has 0 amide bonds. The molecule has 13 atom stereocenters. The molecule has 280 valence electrons. The number of methoxy groups -OCH3 is 2. The van der Waals surface area contributed by atoms with Crippen molar-refractivity contribution < 1.29 is 93.4 Å². The van der Waals surface area contributed by atoms with E-state index in [1.165, 1.54) is 32.4 Å². The van der Waals surface area contributed by atoms with Gasteiger partial charge in [-0.1, -0.05) is 6.08 Å². The van der Waals surface area contributed by atoms with Crippen LogP contribution in [-0.2, 0) is 28.5 Å². The molecule has 4 rings (SSSR count). The lowest BCUT2D eigenvalue weighted by Crippen LogP contribution is -2.60. The molecule has 19 heteroatoms. The van der Waals surface area contributed by atoms with Gasteiger partial charge < -0.3 is 83.9 Å². The molecule has 0 aromatic heterocycles. The van der Waals surface area contributed by atoms with Gasteiger partial charge in [-0.05, 0) is 18.6 Å². The Labute approximate surface area is 285 Å². The summed E-state index contributed by atoms with van der Waals surface area (Å²) in [6.07, 6.45) is -15.1. The van der Waals surface area contributed by atoms with Crippen molar-refractivity contribution in [1.82, 2.24) is 0 Å². The van der Waals surface area contributed by atoms with E-state index in [1.54, 1.807) is 0 Å². The summed E-state index contributed by atoms with van der Waals surface area (Å²) in [7, 11) is 2.49. The molecule has 19 nitrogen and oxygen atoms in total. The molecular formula is C31H42O19. The Morgan fingerprint density at radius 2 is 1.36 bits per heavy atom. The van der Waals surface area contributed by atoms with Crippen LogP contribution in [0.4, 0.5) is 0 Å². The van der Waals surface area contributed by atoms with E-state index < -0.39 is 105 Å². The molecule has 3 aliphatic rings. The number of aliphatic hydroxyl groups excluding tert-OH is 8. The first-order chi connectivity index (χ1) is 23.8. The first kappa shape index (κ1) is 39.2. The Kier molecular flexibility index (Phi) is 13.4. The fourth-order valence-electron chi connectivity index (χ4n) is 5.74. The molecular weight excluding hydrogens is 676 g/mol. The normalized spacial score (nSPS) is 35.6. The Hall–Kier alpha value is -3.60. The third kappa shape index (κ3) is 8.13. The number of hydrogen-bond acceptors (Lipinski definition) is 18. The van der Waals surface area contributed by atoms with Crippen LogP contribution in [0.25, 0.3) is 0 Å². The minimum absolute atomic E-state index is 0.0892. The summed E-state index contributed by atoms with van der Waals surface area (Å²) in [4.78, 5) is 25.2. The summed E-state index contributed by atoms with van der Waals surface area (Å²) in [6.45, 7) is 1.99. The molecule has 2 fully saturated rings. The first-order valence-electron chi connectivity index (χ1n) is 15.4. The second-order valence-electron chi connectivity index (χ2n) is 11.6. The van der Waals surface area contributed by atoms with E-state index >= 15 is 0 Å². The number of carboxylic acid groups (broad SMARTS) is 1. The van der Waals surface area contributed by atoms with E-state index in [-0.39, 0.29) is 41.4 Å². The van der Waals surface area contributed by atoms with Crippen molar-refractivity contribution >= 4 is 11.9 Å². The van der Waals surface area contributed by atoms with Gasteiger partial charge in [-0.15, -0.1) is 6.58 Å². The van der Waals surface area contributed by atoms with Gasteiger partial charge in [-0.25, -0.2) is 9.59 Å². The molecule has 3 heterocycles. The molecule has 0 unspecified atom stereocenters. The van der Waals surface area contributed by atoms with Gasteiger partial charge in [0.25, 0.3) is 0 Å². The van der Waals surface area contributed by atoms with Crippen molar-refractivity contribution in [3.05, 3.63) is 42.2 Å². The van der Waals surface area contributed by atoms with Gasteiger partial charge in [0.1, 0.15) is 48.8 Å². The average molecular weight is 719 g/mol. The Morgan fingerprint density at radius 3 is 1.86 bits per heavy atom. The molecule has 9 N–H and O–H groups in total. The largest absolute Gasteiger partial charge is 0.493 e. The average Bonchev–Trinajstić information content (AvgIpc) is 3.11. The van der Waals surface area contributed by atoms with Crippen LogP contribution in [0.3, 0.4) is 0 Å².